The van der Waals surface area contributed by atoms with Crippen molar-refractivity contribution in [1.29, 1.82) is 0 Å². The second-order valence-electron chi connectivity index (χ2n) is 5.80. The lowest BCUT2D eigenvalue weighted by molar-refractivity contribution is -0.115. The van der Waals surface area contributed by atoms with E-state index >= 15 is 0 Å². The van der Waals surface area contributed by atoms with Crippen molar-refractivity contribution in [1.82, 2.24) is 0 Å². The average Bonchev–Trinajstić information content (AvgIpc) is 2.72. The van der Waals surface area contributed by atoms with E-state index in [2.05, 4.69) is 10.6 Å². The number of carbonyl (C=O) groups excluding carboxylic acids is 2. The molecule has 0 aromatic heterocycles. The van der Waals surface area contributed by atoms with Crippen molar-refractivity contribution >= 4 is 23.2 Å². The maximum atomic E-state index is 12.7. The largest absolute Gasteiger partial charge is 0.493 e. The lowest BCUT2D eigenvalue weighted by Gasteiger charge is -2.15. The number of carbonyl (C=O) groups is 2. The molecule has 0 aliphatic carbocycles. The molecule has 8 heteroatoms. The fraction of sp³-hybridized carbons (Fsp3) is 0.300. The van der Waals surface area contributed by atoms with Crippen LogP contribution in [0.4, 0.5) is 11.4 Å². The first-order valence-corrected chi connectivity index (χ1v) is 8.62. The Hall–Kier alpha value is -3.26. The second kappa shape index (κ2) is 9.61. The summed E-state index contributed by atoms with van der Waals surface area (Å²) in [6.07, 6.45) is 0.284. The molecule has 0 saturated heterocycles. The van der Waals surface area contributed by atoms with Gasteiger partial charge in [-0.1, -0.05) is 13.0 Å². The third-order valence-electron chi connectivity index (χ3n) is 4.06. The van der Waals surface area contributed by atoms with E-state index < -0.39 is 5.91 Å². The van der Waals surface area contributed by atoms with Gasteiger partial charge in [-0.15, -0.1) is 0 Å². The van der Waals surface area contributed by atoms with Crippen LogP contribution in [0.3, 0.4) is 0 Å². The Morgan fingerprint density at radius 1 is 0.964 bits per heavy atom. The first kappa shape index (κ1) is 21.0. The van der Waals surface area contributed by atoms with Crippen molar-refractivity contribution in [2.75, 3.05) is 32.0 Å². The number of anilines is 2. The van der Waals surface area contributed by atoms with Crippen LogP contribution in [0.25, 0.3) is 0 Å². The summed E-state index contributed by atoms with van der Waals surface area (Å²) < 4.78 is 15.8. The topological polar surface area (TPSA) is 106 Å². The number of methoxy groups -OCH3 is 3. The maximum absolute atomic E-state index is 12.7. The van der Waals surface area contributed by atoms with Crippen LogP contribution in [0.2, 0.25) is 0 Å². The second-order valence-corrected chi connectivity index (χ2v) is 5.80. The van der Waals surface area contributed by atoms with Gasteiger partial charge in [0, 0.05) is 41.1 Å². The Labute approximate surface area is 163 Å². The molecule has 0 atom stereocenters. The zero-order chi connectivity index (χ0) is 20.7. The molecule has 0 heterocycles. The molecule has 150 valence electrons. The first-order chi connectivity index (χ1) is 13.5. The molecule has 3 N–H and O–H groups in total. The number of amides is 2. The molecule has 0 fully saturated rings. The van der Waals surface area contributed by atoms with Gasteiger partial charge >= 0.3 is 0 Å². The van der Waals surface area contributed by atoms with Gasteiger partial charge in [0.05, 0.1) is 27.9 Å². The Morgan fingerprint density at radius 2 is 1.61 bits per heavy atom. The van der Waals surface area contributed by atoms with Crippen LogP contribution in [0.15, 0.2) is 30.3 Å². The summed E-state index contributed by atoms with van der Waals surface area (Å²) in [5, 5.41) is 14.9. The number of rotatable bonds is 8. The molecule has 0 aliphatic heterocycles. The van der Waals surface area contributed by atoms with E-state index in [4.69, 9.17) is 14.2 Å². The lowest BCUT2D eigenvalue weighted by Crippen LogP contribution is -2.15. The third-order valence-corrected chi connectivity index (χ3v) is 4.06. The van der Waals surface area contributed by atoms with E-state index in [-0.39, 0.29) is 18.9 Å². The summed E-state index contributed by atoms with van der Waals surface area (Å²) in [4.78, 5) is 24.4. The van der Waals surface area contributed by atoms with E-state index in [1.165, 1.54) is 27.4 Å². The number of aliphatic hydroxyl groups excluding tert-OH is 1. The fourth-order valence-electron chi connectivity index (χ4n) is 2.57. The summed E-state index contributed by atoms with van der Waals surface area (Å²) in [6, 6.07) is 7.91. The quantitative estimate of drug-likeness (QED) is 0.642. The van der Waals surface area contributed by atoms with Gasteiger partial charge in [0.25, 0.3) is 5.91 Å². The summed E-state index contributed by atoms with van der Waals surface area (Å²) in [5.41, 5.74) is 1.68. The van der Waals surface area contributed by atoms with E-state index in [0.717, 1.165) is 0 Å². The standard InChI is InChI=1S/C20H24N2O6/c1-5-18(24)22-15-8-12(6-7-13(15)11-23)20(25)21-14-9-16(26-2)19(28-4)17(10-14)27-3/h6-10,23H,5,11H2,1-4H3,(H,21,25)(H,22,24). The average molecular weight is 388 g/mol. The van der Waals surface area contributed by atoms with E-state index in [9.17, 15) is 14.7 Å². The predicted molar refractivity (Wildman–Crippen MR) is 105 cm³/mol. The molecule has 0 radical (unpaired) electrons. The van der Waals surface area contributed by atoms with Crippen molar-refractivity contribution in [3.8, 4) is 17.2 Å². The van der Waals surface area contributed by atoms with E-state index in [1.54, 1.807) is 31.2 Å². The summed E-state index contributed by atoms with van der Waals surface area (Å²) >= 11 is 0. The van der Waals surface area contributed by atoms with Gasteiger partial charge in [-0.2, -0.15) is 0 Å². The van der Waals surface area contributed by atoms with Crippen molar-refractivity contribution in [3.63, 3.8) is 0 Å². The molecule has 0 bridgehead atoms. The van der Waals surface area contributed by atoms with Gasteiger partial charge in [-0.25, -0.2) is 0 Å². The van der Waals surface area contributed by atoms with Crippen LogP contribution >= 0.6 is 0 Å². The molecule has 8 nitrogen and oxygen atoms in total. The normalized spacial score (nSPS) is 10.2. The summed E-state index contributed by atoms with van der Waals surface area (Å²) in [5.74, 6) is 0.620. The molecule has 2 amide bonds. The molecule has 0 spiro atoms. The highest BCUT2D eigenvalue weighted by Gasteiger charge is 2.16. The van der Waals surface area contributed by atoms with E-state index in [0.29, 0.717) is 39.8 Å². The molecule has 2 aromatic carbocycles. The number of nitrogens with one attached hydrogen (secondary N) is 2. The smallest absolute Gasteiger partial charge is 0.255 e. The highest BCUT2D eigenvalue weighted by atomic mass is 16.5. The Morgan fingerprint density at radius 3 is 2.11 bits per heavy atom. The van der Waals surface area contributed by atoms with Crippen LogP contribution in [-0.2, 0) is 11.4 Å². The fourth-order valence-corrected chi connectivity index (χ4v) is 2.57. The summed E-state index contributed by atoms with van der Waals surface area (Å²) in [6.45, 7) is 1.46. The van der Waals surface area contributed by atoms with Crippen molar-refractivity contribution in [2.24, 2.45) is 0 Å². The zero-order valence-corrected chi connectivity index (χ0v) is 16.3. The van der Waals surface area contributed by atoms with Crippen LogP contribution < -0.4 is 24.8 Å². The van der Waals surface area contributed by atoms with Crippen LogP contribution in [0, 0.1) is 0 Å². The Bertz CT molecular complexity index is 841. The zero-order valence-electron chi connectivity index (χ0n) is 16.3. The minimum atomic E-state index is -0.397. The van der Waals surface area contributed by atoms with Crippen LogP contribution in [0.5, 0.6) is 17.2 Å². The van der Waals surface area contributed by atoms with Gasteiger partial charge in [0.2, 0.25) is 11.7 Å². The van der Waals surface area contributed by atoms with Gasteiger partial charge in [-0.05, 0) is 12.1 Å². The number of benzene rings is 2. The highest BCUT2D eigenvalue weighted by Crippen LogP contribution is 2.40. The summed E-state index contributed by atoms with van der Waals surface area (Å²) in [7, 11) is 4.46. The van der Waals surface area contributed by atoms with Crippen LogP contribution in [-0.4, -0.2) is 38.3 Å². The number of aliphatic hydroxyl groups is 1. The minimum absolute atomic E-state index is 0.211. The predicted octanol–water partition coefficient (Wildman–Crippen LogP) is 2.81. The number of ether oxygens (including phenoxy) is 3. The molecule has 2 aromatic rings. The molecule has 28 heavy (non-hydrogen) atoms. The maximum Gasteiger partial charge on any atom is 0.255 e. The molecule has 0 unspecified atom stereocenters. The molecular weight excluding hydrogens is 364 g/mol. The van der Waals surface area contributed by atoms with Crippen molar-refractivity contribution in [2.45, 2.75) is 20.0 Å². The number of hydrogen-bond donors (Lipinski definition) is 3. The molecule has 0 saturated carbocycles. The minimum Gasteiger partial charge on any atom is -0.493 e. The first-order valence-electron chi connectivity index (χ1n) is 8.62. The van der Waals surface area contributed by atoms with Crippen molar-refractivity contribution < 1.29 is 28.9 Å². The Kier molecular flexibility index (Phi) is 7.22. The molecule has 2 rings (SSSR count). The van der Waals surface area contributed by atoms with Gasteiger partial charge in [-0.3, -0.25) is 9.59 Å². The molecular formula is C20H24N2O6. The molecule has 0 aliphatic rings. The van der Waals surface area contributed by atoms with Crippen LogP contribution in [0.1, 0.15) is 29.3 Å². The van der Waals surface area contributed by atoms with Crippen molar-refractivity contribution in [3.05, 3.63) is 41.5 Å². The van der Waals surface area contributed by atoms with Gasteiger partial charge in [0.15, 0.2) is 11.5 Å². The van der Waals surface area contributed by atoms with Gasteiger partial charge < -0.3 is 30.0 Å². The number of hydrogen-bond acceptors (Lipinski definition) is 6. The SMILES string of the molecule is CCC(=O)Nc1cc(C(=O)Nc2cc(OC)c(OC)c(OC)c2)ccc1CO. The Balaban J connectivity index is 2.32. The lowest BCUT2D eigenvalue weighted by atomic mass is 10.1. The monoisotopic (exact) mass is 388 g/mol. The van der Waals surface area contributed by atoms with E-state index in [1.807, 2.05) is 0 Å². The van der Waals surface area contributed by atoms with Gasteiger partial charge in [0.1, 0.15) is 0 Å². The third kappa shape index (κ3) is 4.72. The highest BCUT2D eigenvalue weighted by molar-refractivity contribution is 6.05.